The van der Waals surface area contributed by atoms with Gasteiger partial charge in [0, 0.05) is 23.2 Å². The molecule has 0 spiro atoms. The summed E-state index contributed by atoms with van der Waals surface area (Å²) in [7, 11) is 0. The van der Waals surface area contributed by atoms with Crippen molar-refractivity contribution >= 4 is 44.3 Å². The number of nitrogens with zero attached hydrogens (tertiary/aromatic N) is 3. The molecule has 0 fully saturated rings. The summed E-state index contributed by atoms with van der Waals surface area (Å²) in [5.41, 5.74) is 3.17. The quantitative estimate of drug-likeness (QED) is 0.178. The Balaban J connectivity index is 1.35. The molecule has 2 aromatic carbocycles. The Morgan fingerprint density at radius 1 is 1.06 bits per heavy atom. The molecular formula is C22H19N5O2S2. The number of imidazole rings is 1. The topological polar surface area (TPSA) is 98.7 Å². The molecular weight excluding hydrogens is 430 g/mol. The van der Waals surface area contributed by atoms with Crippen LogP contribution in [0.3, 0.4) is 0 Å². The van der Waals surface area contributed by atoms with Gasteiger partial charge >= 0.3 is 5.69 Å². The maximum atomic E-state index is 13.0. The summed E-state index contributed by atoms with van der Waals surface area (Å²) in [6.07, 6.45) is 0.736. The lowest BCUT2D eigenvalue weighted by atomic mass is 10.1. The maximum absolute atomic E-state index is 13.0. The first-order chi connectivity index (χ1) is 15.1. The van der Waals surface area contributed by atoms with Crippen LogP contribution in [-0.2, 0) is 6.54 Å². The van der Waals surface area contributed by atoms with E-state index in [1.54, 1.807) is 4.57 Å². The van der Waals surface area contributed by atoms with E-state index in [1.165, 1.54) is 23.1 Å². The Morgan fingerprint density at radius 3 is 2.68 bits per heavy atom. The number of hydrogen-bond donors (Lipinski definition) is 2. The van der Waals surface area contributed by atoms with Crippen molar-refractivity contribution < 1.29 is 0 Å². The standard InChI is InChI=1S/C22H19N5O2S2/c23-27-20(28)18-15(14-7-2-1-3-8-14)13-31-19(18)25-22(27)30-12-6-11-26-17-10-5-4-9-16(17)24-21(26)29/h1-5,7-10,13H,6,11-12,23H2,(H,24,29). The molecule has 0 aliphatic rings. The number of nitrogen functional groups attached to an aromatic ring is 1. The molecule has 7 nitrogen and oxygen atoms in total. The number of benzene rings is 2. The summed E-state index contributed by atoms with van der Waals surface area (Å²) < 4.78 is 2.86. The first kappa shape index (κ1) is 19.7. The van der Waals surface area contributed by atoms with Gasteiger partial charge in [0.2, 0.25) is 0 Å². The Hall–Kier alpha value is -3.30. The van der Waals surface area contributed by atoms with E-state index in [1.807, 2.05) is 60.0 Å². The van der Waals surface area contributed by atoms with Crippen LogP contribution in [0.25, 0.3) is 32.4 Å². The summed E-state index contributed by atoms with van der Waals surface area (Å²) in [6.45, 7) is 0.573. The van der Waals surface area contributed by atoms with E-state index >= 15 is 0 Å². The van der Waals surface area contributed by atoms with Gasteiger partial charge in [-0.1, -0.05) is 54.2 Å². The molecule has 0 radical (unpaired) electrons. The van der Waals surface area contributed by atoms with E-state index in [0.29, 0.717) is 27.7 Å². The minimum Gasteiger partial charge on any atom is -0.334 e. The van der Waals surface area contributed by atoms with Gasteiger partial charge in [-0.3, -0.25) is 9.36 Å². The molecule has 156 valence electrons. The summed E-state index contributed by atoms with van der Waals surface area (Å²) in [4.78, 5) is 33.3. The molecule has 3 aromatic heterocycles. The number of nitrogens with two attached hydrogens (primary N) is 1. The molecule has 3 heterocycles. The Bertz CT molecular complexity index is 1500. The summed E-state index contributed by atoms with van der Waals surface area (Å²) in [5.74, 6) is 6.77. The Morgan fingerprint density at radius 2 is 1.84 bits per heavy atom. The van der Waals surface area contributed by atoms with Crippen molar-refractivity contribution in [2.24, 2.45) is 0 Å². The van der Waals surface area contributed by atoms with Crippen LogP contribution in [0.4, 0.5) is 0 Å². The Kier molecular flexibility index (Phi) is 5.13. The zero-order chi connectivity index (χ0) is 21.4. The number of thiophene rings is 1. The molecule has 0 atom stereocenters. The summed E-state index contributed by atoms with van der Waals surface area (Å²) >= 11 is 2.87. The van der Waals surface area contributed by atoms with Crippen molar-refractivity contribution in [3.8, 4) is 11.1 Å². The zero-order valence-electron chi connectivity index (χ0n) is 16.4. The van der Waals surface area contributed by atoms with Gasteiger partial charge in [0.15, 0.2) is 5.16 Å². The van der Waals surface area contributed by atoms with Crippen LogP contribution >= 0.6 is 23.1 Å². The SMILES string of the molecule is Nn1c(SCCCn2c(=O)[nH]c3ccccc32)nc2scc(-c3ccccc3)c2c1=O. The first-order valence-corrected chi connectivity index (χ1v) is 11.6. The predicted molar refractivity (Wildman–Crippen MR) is 127 cm³/mol. The second-order valence-electron chi connectivity index (χ2n) is 7.07. The van der Waals surface area contributed by atoms with Gasteiger partial charge in [-0.25, -0.2) is 14.5 Å². The minimum atomic E-state index is -0.250. The summed E-state index contributed by atoms with van der Waals surface area (Å²) in [5, 5.41) is 2.98. The van der Waals surface area contributed by atoms with Gasteiger partial charge in [-0.15, -0.1) is 11.3 Å². The van der Waals surface area contributed by atoms with Crippen molar-refractivity contribution in [2.45, 2.75) is 18.1 Å². The van der Waals surface area contributed by atoms with E-state index in [4.69, 9.17) is 5.84 Å². The fraction of sp³-hybridized carbons (Fsp3) is 0.136. The lowest BCUT2D eigenvalue weighted by molar-refractivity contribution is 0.677. The van der Waals surface area contributed by atoms with Crippen LogP contribution in [0, 0.1) is 0 Å². The molecule has 0 bridgehead atoms. The molecule has 5 aromatic rings. The third kappa shape index (κ3) is 3.55. The van der Waals surface area contributed by atoms with Crippen molar-refractivity contribution in [1.82, 2.24) is 19.2 Å². The number of hydrogen-bond acceptors (Lipinski definition) is 6. The number of aryl methyl sites for hydroxylation is 1. The lowest BCUT2D eigenvalue weighted by Gasteiger charge is -2.08. The molecule has 0 amide bonds. The maximum Gasteiger partial charge on any atom is 0.326 e. The highest BCUT2D eigenvalue weighted by Crippen LogP contribution is 2.31. The molecule has 0 saturated heterocycles. The number of H-pyrrole nitrogens is 1. The number of para-hydroxylation sites is 2. The molecule has 5 rings (SSSR count). The second-order valence-corrected chi connectivity index (χ2v) is 8.99. The third-order valence-electron chi connectivity index (χ3n) is 5.13. The Labute approximate surface area is 185 Å². The van der Waals surface area contributed by atoms with Gasteiger partial charge < -0.3 is 10.8 Å². The van der Waals surface area contributed by atoms with E-state index in [0.717, 1.165) is 33.3 Å². The van der Waals surface area contributed by atoms with Crippen LogP contribution in [0.1, 0.15) is 6.42 Å². The minimum absolute atomic E-state index is 0.117. The molecule has 0 saturated carbocycles. The molecule has 0 aliphatic carbocycles. The van der Waals surface area contributed by atoms with Crippen molar-refractivity contribution in [3.63, 3.8) is 0 Å². The average molecular weight is 450 g/mol. The van der Waals surface area contributed by atoms with E-state index in [2.05, 4.69) is 9.97 Å². The first-order valence-electron chi connectivity index (χ1n) is 9.78. The molecule has 0 aliphatic heterocycles. The fourth-order valence-electron chi connectivity index (χ4n) is 3.63. The van der Waals surface area contributed by atoms with E-state index in [9.17, 15) is 9.59 Å². The van der Waals surface area contributed by atoms with Gasteiger partial charge in [-0.05, 0) is 24.1 Å². The number of fused-ring (bicyclic) bond motifs is 2. The van der Waals surface area contributed by atoms with Gasteiger partial charge in [0.1, 0.15) is 4.83 Å². The van der Waals surface area contributed by atoms with E-state index in [-0.39, 0.29) is 11.2 Å². The van der Waals surface area contributed by atoms with Crippen molar-refractivity contribution in [2.75, 3.05) is 11.6 Å². The highest BCUT2D eigenvalue weighted by atomic mass is 32.2. The highest BCUT2D eigenvalue weighted by Gasteiger charge is 2.16. The van der Waals surface area contributed by atoms with Crippen LogP contribution in [0.2, 0.25) is 0 Å². The largest absolute Gasteiger partial charge is 0.334 e. The van der Waals surface area contributed by atoms with E-state index < -0.39 is 0 Å². The number of nitrogens with one attached hydrogen (secondary N) is 1. The normalized spacial score (nSPS) is 11.5. The molecule has 3 N–H and O–H groups in total. The predicted octanol–water partition coefficient (Wildman–Crippen LogP) is 3.66. The van der Waals surface area contributed by atoms with Crippen LogP contribution in [-0.4, -0.2) is 25.0 Å². The number of rotatable bonds is 6. The summed E-state index contributed by atoms with van der Waals surface area (Å²) in [6, 6.07) is 17.4. The zero-order valence-corrected chi connectivity index (χ0v) is 18.1. The average Bonchev–Trinajstić information content (AvgIpc) is 3.35. The lowest BCUT2D eigenvalue weighted by Crippen LogP contribution is -2.29. The van der Waals surface area contributed by atoms with Gasteiger partial charge in [0.25, 0.3) is 5.56 Å². The van der Waals surface area contributed by atoms with Gasteiger partial charge in [-0.2, -0.15) is 0 Å². The second kappa shape index (κ2) is 8.09. The highest BCUT2D eigenvalue weighted by molar-refractivity contribution is 7.99. The molecule has 0 unspecified atom stereocenters. The number of aromatic nitrogens is 4. The number of aromatic amines is 1. The molecule has 9 heteroatoms. The van der Waals surface area contributed by atoms with Gasteiger partial charge in [0.05, 0.1) is 16.4 Å². The smallest absolute Gasteiger partial charge is 0.326 e. The van der Waals surface area contributed by atoms with Crippen molar-refractivity contribution in [1.29, 1.82) is 0 Å². The van der Waals surface area contributed by atoms with Crippen LogP contribution < -0.4 is 17.1 Å². The van der Waals surface area contributed by atoms with Crippen LogP contribution in [0.5, 0.6) is 0 Å². The van der Waals surface area contributed by atoms with Crippen molar-refractivity contribution in [3.05, 3.63) is 80.8 Å². The van der Waals surface area contributed by atoms with Crippen LogP contribution in [0.15, 0.2) is 74.7 Å². The molecule has 31 heavy (non-hydrogen) atoms. The third-order valence-corrected chi connectivity index (χ3v) is 7.04. The number of thioether (sulfide) groups is 1. The fourth-order valence-corrected chi connectivity index (χ4v) is 5.46. The monoisotopic (exact) mass is 449 g/mol.